The van der Waals surface area contributed by atoms with Crippen molar-refractivity contribution in [1.29, 1.82) is 0 Å². The second kappa shape index (κ2) is 11.2. The van der Waals surface area contributed by atoms with Crippen molar-refractivity contribution in [2.75, 3.05) is 4.90 Å². The Morgan fingerprint density at radius 2 is 1.20 bits per heavy atom. The lowest BCUT2D eigenvalue weighted by molar-refractivity contribution is 0.669. The zero-order chi connectivity index (χ0) is 36.7. The summed E-state index contributed by atoms with van der Waals surface area (Å²) in [5.74, 6) is 0. The van der Waals surface area contributed by atoms with Gasteiger partial charge in [-0.3, -0.25) is 0 Å². The summed E-state index contributed by atoms with van der Waals surface area (Å²) in [5.41, 5.74) is 8.01. The molecule has 3 heteroatoms. The molecule has 2 aromatic heterocycles. The fourth-order valence-corrected chi connectivity index (χ4v) is 8.23. The van der Waals surface area contributed by atoms with Gasteiger partial charge in [0, 0.05) is 53.8 Å². The summed E-state index contributed by atoms with van der Waals surface area (Å²) in [4.78, 5) is 2.26. The van der Waals surface area contributed by atoms with Crippen molar-refractivity contribution < 1.29 is 11.3 Å². The van der Waals surface area contributed by atoms with Gasteiger partial charge in [0.05, 0.1) is 12.5 Å². The minimum Gasteiger partial charge on any atom is -0.456 e. The molecule has 2 heterocycles. The summed E-state index contributed by atoms with van der Waals surface area (Å²) in [5, 5.41) is 5.54. The second-order valence-corrected chi connectivity index (χ2v) is 13.1. The smallest absolute Gasteiger partial charge is 0.138 e. The zero-order valence-electron chi connectivity index (χ0n) is 31.1. The molecule has 2 nitrogen and oxygen atoms in total. The first kappa shape index (κ1) is 23.2. The van der Waals surface area contributed by atoms with Crippen LogP contribution in [0.5, 0.6) is 0 Å². The van der Waals surface area contributed by atoms with Crippen molar-refractivity contribution in [3.63, 3.8) is 0 Å². The van der Waals surface area contributed by atoms with E-state index in [-0.39, 0.29) is 24.2 Å². The summed E-state index contributed by atoms with van der Waals surface area (Å²) >= 11 is 1.31. The molecule has 0 aliphatic rings. The fraction of sp³-hybridized carbons (Fsp3) is 0. The van der Waals surface area contributed by atoms with Crippen LogP contribution in [0, 0.1) is 0 Å². The molecular weight excluding hydrogens is 615 g/mol. The van der Waals surface area contributed by atoms with E-state index in [2.05, 4.69) is 83.8 Å². The molecule has 0 unspecified atom stereocenters. The lowest BCUT2D eigenvalue weighted by atomic mass is 9.91. The molecule has 10 aromatic rings. The van der Waals surface area contributed by atoms with Gasteiger partial charge in [-0.05, 0) is 70.1 Å². The van der Waals surface area contributed by atoms with E-state index in [4.69, 9.17) is 11.3 Å². The maximum absolute atomic E-state index is 8.95. The molecule has 0 N–H and O–H groups in total. The first-order valence-corrected chi connectivity index (χ1v) is 17.0. The van der Waals surface area contributed by atoms with Crippen molar-refractivity contribution in [3.8, 4) is 22.3 Å². The highest BCUT2D eigenvalue weighted by atomic mass is 32.1. The normalized spacial score (nSPS) is 13.1. The molecule has 8 aromatic carbocycles. The van der Waals surface area contributed by atoms with Gasteiger partial charge >= 0.3 is 0 Å². The Kier molecular flexibility index (Phi) is 5.32. The van der Waals surface area contributed by atoms with Crippen molar-refractivity contribution in [2.45, 2.75) is 0 Å². The van der Waals surface area contributed by atoms with Gasteiger partial charge in [-0.25, -0.2) is 0 Å². The van der Waals surface area contributed by atoms with E-state index in [1.54, 1.807) is 6.07 Å². The maximum Gasteiger partial charge on any atom is 0.138 e. The molecule has 0 bridgehead atoms. The highest BCUT2D eigenvalue weighted by molar-refractivity contribution is 7.25. The summed E-state index contributed by atoms with van der Waals surface area (Å²) in [6.45, 7) is 0. The number of benzene rings is 8. The number of furan rings is 1. The number of hydrogen-bond donors (Lipinski definition) is 0. The molecule has 230 valence electrons. The molecule has 0 aliphatic heterocycles. The highest BCUT2D eigenvalue weighted by Gasteiger charge is 2.22. The highest BCUT2D eigenvalue weighted by Crippen LogP contribution is 2.48. The van der Waals surface area contributed by atoms with E-state index in [0.717, 1.165) is 82.1 Å². The van der Waals surface area contributed by atoms with Gasteiger partial charge in [0.15, 0.2) is 0 Å². The van der Waals surface area contributed by atoms with Gasteiger partial charge in [0.2, 0.25) is 0 Å². The van der Waals surface area contributed by atoms with Crippen molar-refractivity contribution in [1.82, 2.24) is 0 Å². The predicted octanol–water partition coefficient (Wildman–Crippen LogP) is 13.9. The minimum absolute atomic E-state index is 0.0598. The quantitative estimate of drug-likeness (QED) is 0.185. The van der Waals surface area contributed by atoms with Crippen LogP contribution in [0.1, 0.15) is 6.85 Å². The van der Waals surface area contributed by atoms with Crippen molar-refractivity contribution in [3.05, 3.63) is 176 Å². The van der Waals surface area contributed by atoms with Crippen LogP contribution < -0.4 is 4.90 Å². The standard InChI is InChI=1S/C46H29NOS/c1-3-14-30(15-4-1)39-28-32(26-27-33(39)35-22-13-25-44-46(35)38-21-10-12-24-43(38)49-44)47(31-16-5-2-6-17-31)40-29-42-45(36-19-8-7-18-34(36)40)37-20-9-11-23-41(37)48-42/h1-29H/i10D,12D,13D,21D,24D. The molecule has 0 spiro atoms. The zero-order valence-corrected chi connectivity index (χ0v) is 26.9. The summed E-state index contributed by atoms with van der Waals surface area (Å²) in [7, 11) is 0. The average molecular weight is 649 g/mol. The van der Waals surface area contributed by atoms with Gasteiger partial charge < -0.3 is 9.32 Å². The molecule has 0 radical (unpaired) electrons. The largest absolute Gasteiger partial charge is 0.456 e. The monoisotopic (exact) mass is 648 g/mol. The molecule has 10 rings (SSSR count). The first-order chi connectivity index (χ1) is 26.4. The predicted molar refractivity (Wildman–Crippen MR) is 210 cm³/mol. The summed E-state index contributed by atoms with van der Waals surface area (Å²) < 4.78 is 51.1. The number of para-hydroxylation sites is 2. The first-order valence-electron chi connectivity index (χ1n) is 18.7. The Balaban J connectivity index is 1.28. The molecule has 0 aliphatic carbocycles. The number of anilines is 3. The van der Waals surface area contributed by atoms with Gasteiger partial charge in [0.25, 0.3) is 0 Å². The van der Waals surface area contributed by atoms with Crippen LogP contribution in [0.4, 0.5) is 17.1 Å². The van der Waals surface area contributed by atoms with E-state index < -0.39 is 0 Å². The molecule has 49 heavy (non-hydrogen) atoms. The molecule has 0 saturated heterocycles. The van der Waals surface area contributed by atoms with E-state index in [1.807, 2.05) is 60.7 Å². The van der Waals surface area contributed by atoms with E-state index in [0.29, 0.717) is 16.1 Å². The number of nitrogens with zero attached hydrogens (tertiary/aromatic N) is 1. The lowest BCUT2D eigenvalue weighted by Crippen LogP contribution is -2.11. The maximum atomic E-state index is 8.95. The second-order valence-electron chi connectivity index (χ2n) is 12.1. The Hall–Kier alpha value is -6.16. The Labute approximate surface area is 294 Å². The van der Waals surface area contributed by atoms with Crippen molar-refractivity contribution >= 4 is 81.3 Å². The molecule has 0 saturated carbocycles. The Morgan fingerprint density at radius 1 is 0.469 bits per heavy atom. The summed E-state index contributed by atoms with van der Waals surface area (Å²) in [6, 6.07) is 48.8. The topological polar surface area (TPSA) is 16.4 Å². The number of rotatable bonds is 5. The fourth-order valence-electron chi connectivity index (χ4n) is 7.21. The van der Waals surface area contributed by atoms with Gasteiger partial charge in [-0.15, -0.1) is 11.3 Å². The van der Waals surface area contributed by atoms with Gasteiger partial charge in [0.1, 0.15) is 11.2 Å². The molecule has 0 amide bonds. The van der Waals surface area contributed by atoms with Crippen LogP contribution >= 0.6 is 11.3 Å². The van der Waals surface area contributed by atoms with Crippen LogP contribution in [0.2, 0.25) is 0 Å². The number of hydrogen-bond acceptors (Lipinski definition) is 3. The van der Waals surface area contributed by atoms with Crippen LogP contribution in [-0.2, 0) is 0 Å². The van der Waals surface area contributed by atoms with Crippen molar-refractivity contribution in [2.24, 2.45) is 0 Å². The van der Waals surface area contributed by atoms with Crippen LogP contribution in [0.25, 0.3) is 75.1 Å². The third-order valence-corrected chi connectivity index (χ3v) is 10.4. The Bertz CT molecular complexity index is 3120. The van der Waals surface area contributed by atoms with E-state index in [1.165, 1.54) is 11.3 Å². The average Bonchev–Trinajstić information content (AvgIpc) is 3.79. The third-order valence-electron chi connectivity index (χ3n) is 9.33. The van der Waals surface area contributed by atoms with Gasteiger partial charge in [-0.1, -0.05) is 127 Å². The lowest BCUT2D eigenvalue weighted by Gasteiger charge is -2.28. The molecular formula is C46H29NOS. The molecule has 0 atom stereocenters. The van der Waals surface area contributed by atoms with E-state index in [9.17, 15) is 0 Å². The van der Waals surface area contributed by atoms with Crippen LogP contribution in [-0.4, -0.2) is 0 Å². The van der Waals surface area contributed by atoms with Crippen LogP contribution in [0.3, 0.4) is 0 Å². The SMILES string of the molecule is [2H]c1cc(-c2ccc(N(c3ccccc3)c3cc4oc5ccccc5c4c4ccccc34)cc2-c2ccccc2)c2c(c1)sc1c([2H])c([2H])c([2H])c([2H])c12. The third kappa shape index (κ3) is 4.47. The Morgan fingerprint density at radius 3 is 2.06 bits per heavy atom. The number of fused-ring (bicyclic) bond motifs is 8. The van der Waals surface area contributed by atoms with Gasteiger partial charge in [-0.2, -0.15) is 0 Å². The molecule has 0 fully saturated rings. The van der Waals surface area contributed by atoms with Crippen LogP contribution in [0.15, 0.2) is 180 Å². The number of thiophene rings is 1. The van der Waals surface area contributed by atoms with E-state index >= 15 is 0 Å². The summed E-state index contributed by atoms with van der Waals surface area (Å²) in [6.07, 6.45) is 0. The minimum atomic E-state index is -0.265.